The average molecular weight is 470 g/mol. The lowest BCUT2D eigenvalue weighted by Crippen LogP contribution is -2.26. The monoisotopic (exact) mass is 469 g/mol. The molecule has 9 heteroatoms. The van der Waals surface area contributed by atoms with Gasteiger partial charge < -0.3 is 14.8 Å². The van der Waals surface area contributed by atoms with E-state index < -0.39 is 10.0 Å². The molecule has 1 aromatic heterocycles. The lowest BCUT2D eigenvalue weighted by Gasteiger charge is -2.11. The first-order valence-electron chi connectivity index (χ1n) is 10.4. The van der Waals surface area contributed by atoms with Gasteiger partial charge >= 0.3 is 0 Å². The molecule has 0 spiro atoms. The van der Waals surface area contributed by atoms with Gasteiger partial charge in [-0.15, -0.1) is 0 Å². The number of carbonyl (C=O) groups is 1. The van der Waals surface area contributed by atoms with Crippen LogP contribution in [0.1, 0.15) is 35.7 Å². The average Bonchev–Trinajstić information content (AvgIpc) is 2.81. The summed E-state index contributed by atoms with van der Waals surface area (Å²) >= 11 is 0. The number of nitrogens with zero attached hydrogens (tertiary/aromatic N) is 1. The minimum atomic E-state index is -3.70. The van der Waals surface area contributed by atoms with Gasteiger partial charge in [-0.05, 0) is 53.9 Å². The molecular weight excluding hydrogens is 442 g/mol. The Bertz CT molecular complexity index is 1160. The van der Waals surface area contributed by atoms with Crippen LogP contribution in [0, 0.1) is 0 Å². The first kappa shape index (κ1) is 24.2. The minimum Gasteiger partial charge on any atom is -0.439 e. The van der Waals surface area contributed by atoms with Gasteiger partial charge in [0.15, 0.2) is 0 Å². The number of ether oxygens (including phenoxy) is 2. The van der Waals surface area contributed by atoms with Crippen LogP contribution in [-0.4, -0.2) is 39.6 Å². The Hall–Kier alpha value is -3.43. The number of pyridine rings is 1. The van der Waals surface area contributed by atoms with E-state index in [0.29, 0.717) is 41.9 Å². The van der Waals surface area contributed by atoms with Crippen molar-refractivity contribution in [1.29, 1.82) is 0 Å². The van der Waals surface area contributed by atoms with Crippen molar-refractivity contribution in [2.24, 2.45) is 0 Å². The summed E-state index contributed by atoms with van der Waals surface area (Å²) in [4.78, 5) is 16.3. The molecule has 0 aliphatic heterocycles. The highest BCUT2D eigenvalue weighted by Gasteiger charge is 2.15. The maximum absolute atomic E-state index is 12.6. The van der Waals surface area contributed by atoms with Crippen molar-refractivity contribution in [3.05, 3.63) is 78.0 Å². The predicted molar refractivity (Wildman–Crippen MR) is 126 cm³/mol. The third-order valence-electron chi connectivity index (χ3n) is 4.78. The van der Waals surface area contributed by atoms with Crippen LogP contribution in [0.25, 0.3) is 0 Å². The van der Waals surface area contributed by atoms with E-state index in [1.54, 1.807) is 55.6 Å². The fourth-order valence-electron chi connectivity index (χ4n) is 2.90. The number of sulfonamides is 1. The molecule has 0 aliphatic carbocycles. The summed E-state index contributed by atoms with van der Waals surface area (Å²) in [5.41, 5.74) is 1.89. The molecule has 33 heavy (non-hydrogen) atoms. The molecule has 3 aromatic rings. The number of methoxy groups -OCH3 is 1. The Kier molecular flexibility index (Phi) is 8.02. The van der Waals surface area contributed by atoms with Gasteiger partial charge in [-0.2, -0.15) is 0 Å². The molecule has 1 heterocycles. The van der Waals surface area contributed by atoms with Gasteiger partial charge in [-0.3, -0.25) is 9.52 Å². The number of nitrogens with one attached hydrogen (secondary N) is 2. The first-order valence-corrected chi connectivity index (χ1v) is 11.9. The number of carbonyl (C=O) groups excluding carboxylic acids is 1. The number of aromatic nitrogens is 1. The van der Waals surface area contributed by atoms with E-state index in [9.17, 15) is 13.2 Å². The molecule has 174 valence electrons. The molecule has 0 saturated heterocycles. The second-order valence-electron chi connectivity index (χ2n) is 7.59. The number of amides is 1. The minimum absolute atomic E-state index is 0.197. The molecule has 0 bridgehead atoms. The number of anilines is 1. The summed E-state index contributed by atoms with van der Waals surface area (Å²) < 4.78 is 38.4. The Morgan fingerprint density at radius 3 is 2.27 bits per heavy atom. The number of hydrogen-bond donors (Lipinski definition) is 2. The molecule has 2 N–H and O–H groups in total. The standard InChI is InChI=1S/C24H27N3O5S/c1-17(2)18-4-11-22(12-5-18)33(29,30)27-20-7-9-21(10-8-20)32-23-13-6-19(16-26-23)24(28)25-14-15-31-3/h4-13,16-17,27H,14-15H2,1-3H3,(H,25,28). The quantitative estimate of drug-likeness (QED) is 0.432. The zero-order valence-corrected chi connectivity index (χ0v) is 19.6. The highest BCUT2D eigenvalue weighted by atomic mass is 32.2. The van der Waals surface area contributed by atoms with Crippen molar-refractivity contribution in [3.8, 4) is 11.6 Å². The fraction of sp³-hybridized carbons (Fsp3) is 0.250. The van der Waals surface area contributed by atoms with Crippen LogP contribution < -0.4 is 14.8 Å². The van der Waals surface area contributed by atoms with E-state index in [0.717, 1.165) is 5.56 Å². The molecule has 0 aliphatic rings. The third-order valence-corrected chi connectivity index (χ3v) is 6.17. The number of rotatable bonds is 10. The molecule has 0 fully saturated rings. The van der Waals surface area contributed by atoms with Crippen LogP contribution in [0.5, 0.6) is 11.6 Å². The molecule has 1 amide bonds. The van der Waals surface area contributed by atoms with Crippen molar-refractivity contribution in [2.45, 2.75) is 24.7 Å². The van der Waals surface area contributed by atoms with Crippen LogP contribution in [0.3, 0.4) is 0 Å². The Morgan fingerprint density at radius 1 is 1.00 bits per heavy atom. The Labute approximate surface area is 194 Å². The maximum atomic E-state index is 12.6. The molecule has 0 atom stereocenters. The molecule has 3 rings (SSSR count). The van der Waals surface area contributed by atoms with Crippen molar-refractivity contribution in [2.75, 3.05) is 25.0 Å². The van der Waals surface area contributed by atoms with E-state index in [-0.39, 0.29) is 10.8 Å². The number of benzene rings is 2. The summed E-state index contributed by atoms with van der Waals surface area (Å²) in [5.74, 6) is 0.860. The number of hydrogen-bond acceptors (Lipinski definition) is 6. The van der Waals surface area contributed by atoms with Crippen LogP contribution in [0.15, 0.2) is 71.8 Å². The first-order chi connectivity index (χ1) is 15.8. The smallest absolute Gasteiger partial charge is 0.261 e. The van der Waals surface area contributed by atoms with Gasteiger partial charge in [-0.25, -0.2) is 13.4 Å². The highest BCUT2D eigenvalue weighted by molar-refractivity contribution is 7.92. The van der Waals surface area contributed by atoms with E-state index >= 15 is 0 Å². The summed E-state index contributed by atoms with van der Waals surface area (Å²) in [6.07, 6.45) is 1.42. The van der Waals surface area contributed by atoms with E-state index in [1.807, 2.05) is 12.1 Å². The van der Waals surface area contributed by atoms with Crippen LogP contribution >= 0.6 is 0 Å². The predicted octanol–water partition coefficient (Wildman–Crippen LogP) is 4.17. The molecule has 0 radical (unpaired) electrons. The largest absolute Gasteiger partial charge is 0.439 e. The topological polar surface area (TPSA) is 107 Å². The molecule has 2 aromatic carbocycles. The van der Waals surface area contributed by atoms with Gasteiger partial charge in [0, 0.05) is 31.6 Å². The van der Waals surface area contributed by atoms with Gasteiger partial charge in [-0.1, -0.05) is 26.0 Å². The summed E-state index contributed by atoms with van der Waals surface area (Å²) in [5, 5.41) is 2.71. The van der Waals surface area contributed by atoms with Gasteiger partial charge in [0.1, 0.15) is 5.75 Å². The van der Waals surface area contributed by atoms with Crippen molar-refractivity contribution < 1.29 is 22.7 Å². The normalized spacial score (nSPS) is 11.3. The molecule has 0 saturated carbocycles. The van der Waals surface area contributed by atoms with Crippen molar-refractivity contribution in [1.82, 2.24) is 10.3 Å². The third kappa shape index (κ3) is 6.77. The lowest BCUT2D eigenvalue weighted by atomic mass is 10.0. The van der Waals surface area contributed by atoms with Crippen LogP contribution in [0.4, 0.5) is 5.69 Å². The van der Waals surface area contributed by atoms with E-state index in [2.05, 4.69) is 28.9 Å². The summed E-state index contributed by atoms with van der Waals surface area (Å²) in [7, 11) is -2.14. The van der Waals surface area contributed by atoms with Crippen LogP contribution in [-0.2, 0) is 14.8 Å². The lowest BCUT2D eigenvalue weighted by molar-refractivity contribution is 0.0936. The van der Waals surface area contributed by atoms with E-state index in [1.165, 1.54) is 6.20 Å². The Balaban J connectivity index is 1.60. The Morgan fingerprint density at radius 2 is 1.70 bits per heavy atom. The molecule has 0 unspecified atom stereocenters. The van der Waals surface area contributed by atoms with Crippen molar-refractivity contribution >= 4 is 21.6 Å². The second kappa shape index (κ2) is 10.9. The van der Waals surface area contributed by atoms with Gasteiger partial charge in [0.05, 0.1) is 17.1 Å². The second-order valence-corrected chi connectivity index (χ2v) is 9.27. The zero-order chi connectivity index (χ0) is 23.8. The molecule has 8 nitrogen and oxygen atoms in total. The molecular formula is C24H27N3O5S. The van der Waals surface area contributed by atoms with Crippen molar-refractivity contribution in [3.63, 3.8) is 0 Å². The SMILES string of the molecule is COCCNC(=O)c1ccc(Oc2ccc(NS(=O)(=O)c3ccc(C(C)C)cc3)cc2)nc1. The van der Waals surface area contributed by atoms with Gasteiger partial charge in [0.2, 0.25) is 5.88 Å². The van der Waals surface area contributed by atoms with Gasteiger partial charge in [0.25, 0.3) is 15.9 Å². The maximum Gasteiger partial charge on any atom is 0.261 e. The van der Waals surface area contributed by atoms with Crippen LogP contribution in [0.2, 0.25) is 0 Å². The van der Waals surface area contributed by atoms with E-state index in [4.69, 9.17) is 9.47 Å². The highest BCUT2D eigenvalue weighted by Crippen LogP contribution is 2.24. The zero-order valence-electron chi connectivity index (χ0n) is 18.7. The fourth-order valence-corrected chi connectivity index (χ4v) is 3.96. The summed E-state index contributed by atoms with van der Waals surface area (Å²) in [6, 6.07) is 16.5. The summed E-state index contributed by atoms with van der Waals surface area (Å²) in [6.45, 7) is 4.94.